The molecule has 1 atom stereocenters. The lowest BCUT2D eigenvalue weighted by Gasteiger charge is -2.38. The molecule has 6 nitrogen and oxygen atoms in total. The molecule has 0 bridgehead atoms. The number of fused-ring (bicyclic) bond motifs is 1. The van der Waals surface area contributed by atoms with Crippen LogP contribution in [0.15, 0.2) is 48.5 Å². The molecule has 218 valence electrons. The van der Waals surface area contributed by atoms with Gasteiger partial charge in [-0.25, -0.2) is 0 Å². The van der Waals surface area contributed by atoms with E-state index in [9.17, 15) is 14.4 Å². The Morgan fingerprint density at radius 1 is 0.925 bits per heavy atom. The number of amides is 2. The summed E-state index contributed by atoms with van der Waals surface area (Å²) in [5.74, 6) is -0.175. The van der Waals surface area contributed by atoms with E-state index in [2.05, 4.69) is 54.5 Å². The first-order valence-electron chi connectivity index (χ1n) is 15.3. The lowest BCUT2D eigenvalue weighted by atomic mass is 9.80. The summed E-state index contributed by atoms with van der Waals surface area (Å²) in [7, 11) is 0. The Hall–Kier alpha value is -2.99. The topological polar surface area (TPSA) is 78.5 Å². The van der Waals surface area contributed by atoms with Crippen LogP contribution in [0.4, 0.5) is 0 Å². The molecule has 1 aliphatic carbocycles. The Morgan fingerprint density at radius 3 is 2.30 bits per heavy atom. The molecule has 4 rings (SSSR count). The number of carbonyl (C=O) groups is 3. The summed E-state index contributed by atoms with van der Waals surface area (Å²) in [5.41, 5.74) is 3.48. The van der Waals surface area contributed by atoms with Crippen LogP contribution in [0.3, 0.4) is 0 Å². The van der Waals surface area contributed by atoms with Crippen LogP contribution >= 0.6 is 0 Å². The van der Waals surface area contributed by atoms with Gasteiger partial charge in [-0.15, -0.1) is 0 Å². The van der Waals surface area contributed by atoms with Crippen LogP contribution in [-0.4, -0.2) is 47.2 Å². The van der Waals surface area contributed by atoms with Crippen LogP contribution < -0.4 is 10.6 Å². The fourth-order valence-electron chi connectivity index (χ4n) is 5.90. The van der Waals surface area contributed by atoms with Gasteiger partial charge in [0.2, 0.25) is 5.91 Å². The third kappa shape index (κ3) is 8.50. The van der Waals surface area contributed by atoms with Crippen molar-refractivity contribution in [3.05, 3.63) is 70.8 Å². The van der Waals surface area contributed by atoms with Crippen LogP contribution in [-0.2, 0) is 22.6 Å². The highest BCUT2D eigenvalue weighted by Crippen LogP contribution is 2.29. The maximum absolute atomic E-state index is 13.8. The number of hydrogen-bond acceptors (Lipinski definition) is 4. The number of nitrogens with one attached hydrogen (secondary N) is 2. The third-order valence-electron chi connectivity index (χ3n) is 7.99. The number of benzene rings is 2. The second-order valence-electron chi connectivity index (χ2n) is 11.7. The van der Waals surface area contributed by atoms with Crippen molar-refractivity contribution in [2.45, 2.75) is 104 Å². The zero-order valence-electron chi connectivity index (χ0n) is 25.2. The minimum absolute atomic E-state index is 0.0444. The molecule has 40 heavy (non-hydrogen) atoms. The molecule has 1 heterocycles. The predicted octanol–water partition coefficient (Wildman–Crippen LogP) is 6.00. The molecule has 0 radical (unpaired) electrons. The van der Waals surface area contributed by atoms with Crippen LogP contribution in [0, 0.1) is 12.8 Å². The average molecular weight is 548 g/mol. The summed E-state index contributed by atoms with van der Waals surface area (Å²) in [6.45, 7) is 12.2. The first kappa shape index (κ1) is 31.5. The molecule has 2 N–H and O–H groups in total. The van der Waals surface area contributed by atoms with Crippen molar-refractivity contribution in [1.29, 1.82) is 0 Å². The standard InChI is InChI=1S/C32H43N3O3.C2H6/c1-23(2)19-28(29(36)22-35-18-10-13-26-20-24(3)14-15-27(26)21-35)33-31(38)32(16-8-5-9-17-32)34-30(37)25-11-6-4-7-12-25;1-2/h4,6-7,11-12,14-15,20,23,28H,5,8-10,13,16-19,21-22H2,1-3H3,(H,33,38)(H,34,37);1-2H3/t28-;/m0./s1. The highest BCUT2D eigenvalue weighted by Gasteiger charge is 2.42. The molecule has 6 heteroatoms. The van der Waals surface area contributed by atoms with E-state index >= 15 is 0 Å². The summed E-state index contributed by atoms with van der Waals surface area (Å²) < 4.78 is 0. The molecule has 0 aromatic heterocycles. The number of aryl methyl sites for hydroxylation is 2. The fraction of sp³-hybridized carbons (Fsp3) is 0.559. The number of Topliss-reactive ketones (excluding diaryl/α,β-unsaturated/α-hetero) is 1. The Morgan fingerprint density at radius 2 is 1.62 bits per heavy atom. The number of rotatable bonds is 9. The van der Waals surface area contributed by atoms with E-state index in [-0.39, 0.29) is 23.5 Å². The normalized spacial score (nSPS) is 17.4. The van der Waals surface area contributed by atoms with E-state index in [4.69, 9.17) is 0 Å². The van der Waals surface area contributed by atoms with Crippen molar-refractivity contribution < 1.29 is 14.4 Å². The molecule has 2 aromatic carbocycles. The molecule has 1 aliphatic heterocycles. The lowest BCUT2D eigenvalue weighted by Crippen LogP contribution is -2.62. The van der Waals surface area contributed by atoms with Gasteiger partial charge in [0.15, 0.2) is 5.78 Å². The minimum Gasteiger partial charge on any atom is -0.344 e. The van der Waals surface area contributed by atoms with E-state index in [1.165, 1.54) is 16.7 Å². The molecule has 2 amide bonds. The largest absolute Gasteiger partial charge is 0.344 e. The van der Waals surface area contributed by atoms with Gasteiger partial charge in [-0.2, -0.15) is 0 Å². The second kappa shape index (κ2) is 15.1. The quantitative estimate of drug-likeness (QED) is 0.404. The van der Waals surface area contributed by atoms with Crippen molar-refractivity contribution in [3.8, 4) is 0 Å². The van der Waals surface area contributed by atoms with E-state index in [1.54, 1.807) is 12.1 Å². The van der Waals surface area contributed by atoms with Gasteiger partial charge < -0.3 is 10.6 Å². The van der Waals surface area contributed by atoms with Gasteiger partial charge in [-0.1, -0.05) is 88.9 Å². The number of carbonyl (C=O) groups excluding carboxylic acids is 3. The predicted molar refractivity (Wildman–Crippen MR) is 162 cm³/mol. The van der Waals surface area contributed by atoms with Crippen molar-refractivity contribution in [2.75, 3.05) is 13.1 Å². The maximum Gasteiger partial charge on any atom is 0.252 e. The van der Waals surface area contributed by atoms with Crippen molar-refractivity contribution in [2.24, 2.45) is 5.92 Å². The second-order valence-corrected chi connectivity index (χ2v) is 11.7. The van der Waals surface area contributed by atoms with Crippen LogP contribution in [0.2, 0.25) is 0 Å². The Bertz CT molecular complexity index is 1120. The number of hydrogen-bond donors (Lipinski definition) is 2. The van der Waals surface area contributed by atoms with Gasteiger partial charge in [0.25, 0.3) is 5.91 Å². The smallest absolute Gasteiger partial charge is 0.252 e. The first-order valence-corrected chi connectivity index (χ1v) is 15.3. The zero-order chi connectivity index (χ0) is 29.1. The molecule has 0 saturated heterocycles. The molecule has 2 aliphatic rings. The summed E-state index contributed by atoms with van der Waals surface area (Å²) in [6, 6.07) is 15.0. The van der Waals surface area contributed by atoms with Crippen molar-refractivity contribution in [3.63, 3.8) is 0 Å². The maximum atomic E-state index is 13.8. The summed E-state index contributed by atoms with van der Waals surface area (Å²) in [6.07, 6.45) is 6.58. The Labute approximate surface area is 241 Å². The van der Waals surface area contributed by atoms with Crippen LogP contribution in [0.5, 0.6) is 0 Å². The van der Waals surface area contributed by atoms with Crippen LogP contribution in [0.1, 0.15) is 99.7 Å². The van der Waals surface area contributed by atoms with Crippen molar-refractivity contribution in [1.82, 2.24) is 15.5 Å². The number of nitrogens with zero attached hydrogens (tertiary/aromatic N) is 1. The first-order chi connectivity index (χ1) is 19.3. The highest BCUT2D eigenvalue weighted by atomic mass is 16.2. The van der Waals surface area contributed by atoms with Gasteiger partial charge in [0.05, 0.1) is 12.6 Å². The van der Waals surface area contributed by atoms with Crippen molar-refractivity contribution >= 4 is 17.6 Å². The summed E-state index contributed by atoms with van der Waals surface area (Å²) in [5, 5.41) is 6.20. The van der Waals surface area contributed by atoms with Gasteiger partial charge in [0, 0.05) is 12.1 Å². The molecule has 1 fully saturated rings. The van der Waals surface area contributed by atoms with E-state index in [0.29, 0.717) is 31.4 Å². The fourth-order valence-corrected chi connectivity index (χ4v) is 5.90. The zero-order valence-corrected chi connectivity index (χ0v) is 25.2. The van der Waals surface area contributed by atoms with Gasteiger partial charge in [-0.05, 0) is 74.8 Å². The molecule has 0 unspecified atom stereocenters. The summed E-state index contributed by atoms with van der Waals surface area (Å²) >= 11 is 0. The number of ketones is 1. The molecule has 2 aromatic rings. The van der Waals surface area contributed by atoms with Gasteiger partial charge >= 0.3 is 0 Å². The minimum atomic E-state index is -0.986. The lowest BCUT2D eigenvalue weighted by molar-refractivity contribution is -0.133. The summed E-state index contributed by atoms with van der Waals surface area (Å²) in [4.78, 5) is 42.8. The highest BCUT2D eigenvalue weighted by molar-refractivity contribution is 6.00. The van der Waals surface area contributed by atoms with Gasteiger partial charge in [-0.3, -0.25) is 19.3 Å². The SMILES string of the molecule is CC.Cc1ccc2c(c1)CCCN(CC(=O)[C@H](CC(C)C)NC(=O)C1(NC(=O)c3ccccc3)CCCCC1)C2. The molecular formula is C34H49N3O3. The monoisotopic (exact) mass is 547 g/mol. The van der Waals surface area contributed by atoms with E-state index in [1.807, 2.05) is 32.0 Å². The third-order valence-corrected chi connectivity index (χ3v) is 7.99. The Kier molecular flexibility index (Phi) is 11.9. The van der Waals surface area contributed by atoms with E-state index in [0.717, 1.165) is 45.2 Å². The average Bonchev–Trinajstić information content (AvgIpc) is 3.15. The molecule has 0 spiro atoms. The molecular weight excluding hydrogens is 498 g/mol. The van der Waals surface area contributed by atoms with Gasteiger partial charge in [0.1, 0.15) is 5.54 Å². The van der Waals surface area contributed by atoms with Crippen LogP contribution in [0.25, 0.3) is 0 Å². The Balaban J connectivity index is 0.00000216. The van der Waals surface area contributed by atoms with E-state index < -0.39 is 11.6 Å². The molecule has 1 saturated carbocycles.